The number of Topliss-reactive ketones (excluding diaryl/α,β-unsaturated/α-hetero) is 1. The fourth-order valence-electron chi connectivity index (χ4n) is 1.65. The minimum atomic E-state index is 0.109. The zero-order valence-corrected chi connectivity index (χ0v) is 11.0. The monoisotopic (exact) mass is 249 g/mol. The Hall–Kier alpha value is -1.49. The summed E-state index contributed by atoms with van der Waals surface area (Å²) < 4.78 is 1.79. The summed E-state index contributed by atoms with van der Waals surface area (Å²) in [6, 6.07) is 4.06. The number of carbonyl (C=O) groups is 1. The molecule has 0 unspecified atom stereocenters. The second kappa shape index (κ2) is 4.79. The van der Waals surface area contributed by atoms with E-state index in [1.165, 1.54) is 17.7 Å². The molecule has 0 saturated carbocycles. The van der Waals surface area contributed by atoms with Gasteiger partial charge in [0.15, 0.2) is 5.78 Å². The highest BCUT2D eigenvalue weighted by atomic mass is 32.1. The van der Waals surface area contributed by atoms with Gasteiger partial charge < -0.3 is 0 Å². The molecule has 0 amide bonds. The molecule has 0 saturated heterocycles. The quantitative estimate of drug-likeness (QED) is 0.783. The van der Waals surface area contributed by atoms with E-state index in [1.54, 1.807) is 4.68 Å². The standard InChI is InChI=1S/C12H15N3OS/c1-8(2)15-12(13-7-14-15)6-10(16)11-5-4-9(3)17-11/h4-5,7-8H,6H2,1-3H3. The van der Waals surface area contributed by atoms with Crippen LogP contribution in [-0.2, 0) is 6.42 Å². The first kappa shape index (κ1) is 12.0. The average Bonchev–Trinajstić information content (AvgIpc) is 2.86. The molecule has 0 fully saturated rings. The number of carbonyl (C=O) groups excluding carboxylic acids is 1. The normalized spacial score (nSPS) is 11.1. The topological polar surface area (TPSA) is 47.8 Å². The summed E-state index contributed by atoms with van der Waals surface area (Å²) >= 11 is 1.52. The van der Waals surface area contributed by atoms with Gasteiger partial charge in [-0.15, -0.1) is 11.3 Å². The van der Waals surface area contributed by atoms with Crippen LogP contribution in [0.1, 0.15) is 40.3 Å². The van der Waals surface area contributed by atoms with Gasteiger partial charge in [-0.1, -0.05) is 0 Å². The molecule has 0 aliphatic heterocycles. The fourth-order valence-corrected chi connectivity index (χ4v) is 2.45. The summed E-state index contributed by atoms with van der Waals surface area (Å²) in [5.41, 5.74) is 0. The Bertz CT molecular complexity index is 527. The highest BCUT2D eigenvalue weighted by molar-refractivity contribution is 7.14. The van der Waals surface area contributed by atoms with Crippen LogP contribution in [-0.4, -0.2) is 20.5 Å². The third-order valence-electron chi connectivity index (χ3n) is 2.47. The van der Waals surface area contributed by atoms with Crippen molar-refractivity contribution in [1.29, 1.82) is 0 Å². The molecule has 0 atom stereocenters. The van der Waals surface area contributed by atoms with Crippen molar-refractivity contribution in [2.75, 3.05) is 0 Å². The summed E-state index contributed by atoms with van der Waals surface area (Å²) in [5, 5.41) is 4.12. The lowest BCUT2D eigenvalue weighted by Gasteiger charge is -2.08. The van der Waals surface area contributed by atoms with Gasteiger partial charge in [0.05, 0.1) is 11.3 Å². The van der Waals surface area contributed by atoms with Gasteiger partial charge in [-0.05, 0) is 32.9 Å². The molecule has 0 aliphatic rings. The maximum absolute atomic E-state index is 12.0. The van der Waals surface area contributed by atoms with Crippen LogP contribution in [0.2, 0.25) is 0 Å². The Morgan fingerprint density at radius 3 is 2.82 bits per heavy atom. The molecule has 2 rings (SSSR count). The van der Waals surface area contributed by atoms with Crippen LogP contribution in [0.15, 0.2) is 18.5 Å². The van der Waals surface area contributed by atoms with Gasteiger partial charge >= 0.3 is 0 Å². The van der Waals surface area contributed by atoms with Crippen molar-refractivity contribution in [2.24, 2.45) is 0 Å². The predicted molar refractivity (Wildman–Crippen MR) is 67.5 cm³/mol. The number of aryl methyl sites for hydroxylation is 1. The summed E-state index contributed by atoms with van der Waals surface area (Å²) in [4.78, 5) is 18.1. The number of nitrogens with zero attached hydrogens (tertiary/aromatic N) is 3. The minimum Gasteiger partial charge on any atom is -0.293 e. The maximum atomic E-state index is 12.0. The Morgan fingerprint density at radius 2 is 2.24 bits per heavy atom. The molecule has 2 heterocycles. The predicted octanol–water partition coefficient (Wildman–Crippen LogP) is 2.65. The summed E-state index contributed by atoms with van der Waals surface area (Å²) in [6.45, 7) is 6.05. The van der Waals surface area contributed by atoms with Crippen molar-refractivity contribution < 1.29 is 4.79 Å². The van der Waals surface area contributed by atoms with E-state index in [4.69, 9.17) is 0 Å². The van der Waals surface area contributed by atoms with Crippen molar-refractivity contribution in [2.45, 2.75) is 33.2 Å². The van der Waals surface area contributed by atoms with Gasteiger partial charge in [0.25, 0.3) is 0 Å². The number of hydrogen-bond donors (Lipinski definition) is 0. The van der Waals surface area contributed by atoms with Crippen molar-refractivity contribution in [3.05, 3.63) is 34.0 Å². The summed E-state index contributed by atoms with van der Waals surface area (Å²) in [5.74, 6) is 0.842. The Morgan fingerprint density at radius 1 is 1.47 bits per heavy atom. The van der Waals surface area contributed by atoms with Crippen LogP contribution in [0, 0.1) is 6.92 Å². The van der Waals surface area contributed by atoms with E-state index in [0.29, 0.717) is 6.42 Å². The van der Waals surface area contributed by atoms with Crippen LogP contribution in [0.5, 0.6) is 0 Å². The average molecular weight is 249 g/mol. The van der Waals surface area contributed by atoms with E-state index in [2.05, 4.69) is 10.1 Å². The molecule has 4 nitrogen and oxygen atoms in total. The Balaban J connectivity index is 2.16. The van der Waals surface area contributed by atoms with Crippen LogP contribution in [0.3, 0.4) is 0 Å². The van der Waals surface area contributed by atoms with E-state index in [9.17, 15) is 4.79 Å². The third-order valence-corrected chi connectivity index (χ3v) is 3.51. The SMILES string of the molecule is Cc1ccc(C(=O)Cc2ncnn2C(C)C)s1. The first-order chi connectivity index (χ1) is 8.08. The lowest BCUT2D eigenvalue weighted by molar-refractivity contribution is 0.0993. The molecule has 5 heteroatoms. The van der Waals surface area contributed by atoms with E-state index in [0.717, 1.165) is 15.6 Å². The zero-order valence-electron chi connectivity index (χ0n) is 10.2. The van der Waals surface area contributed by atoms with Gasteiger partial charge in [-0.2, -0.15) is 5.10 Å². The molecule has 0 radical (unpaired) electrons. The summed E-state index contributed by atoms with van der Waals surface area (Å²) in [6.07, 6.45) is 1.82. The zero-order chi connectivity index (χ0) is 12.4. The molecular weight excluding hydrogens is 234 g/mol. The lowest BCUT2D eigenvalue weighted by atomic mass is 10.2. The second-order valence-corrected chi connectivity index (χ2v) is 5.51. The summed E-state index contributed by atoms with van der Waals surface area (Å²) in [7, 11) is 0. The van der Waals surface area contributed by atoms with E-state index >= 15 is 0 Å². The molecule has 90 valence electrons. The van der Waals surface area contributed by atoms with Crippen LogP contribution >= 0.6 is 11.3 Å². The van der Waals surface area contributed by atoms with Crippen LogP contribution in [0.4, 0.5) is 0 Å². The Kier molecular flexibility index (Phi) is 3.38. The highest BCUT2D eigenvalue weighted by Gasteiger charge is 2.14. The molecule has 0 spiro atoms. The molecule has 0 aliphatic carbocycles. The van der Waals surface area contributed by atoms with Gasteiger partial charge in [0, 0.05) is 10.9 Å². The molecule has 17 heavy (non-hydrogen) atoms. The highest BCUT2D eigenvalue weighted by Crippen LogP contribution is 2.17. The van der Waals surface area contributed by atoms with E-state index in [-0.39, 0.29) is 11.8 Å². The van der Waals surface area contributed by atoms with Crippen molar-refractivity contribution >= 4 is 17.1 Å². The van der Waals surface area contributed by atoms with Crippen molar-refractivity contribution in [3.8, 4) is 0 Å². The minimum absolute atomic E-state index is 0.109. The number of thiophene rings is 1. The van der Waals surface area contributed by atoms with Crippen LogP contribution < -0.4 is 0 Å². The molecule has 0 bridgehead atoms. The fraction of sp³-hybridized carbons (Fsp3) is 0.417. The maximum Gasteiger partial charge on any atom is 0.180 e. The first-order valence-electron chi connectivity index (χ1n) is 5.56. The molecule has 2 aromatic heterocycles. The van der Waals surface area contributed by atoms with E-state index in [1.807, 2.05) is 32.9 Å². The number of rotatable bonds is 4. The third kappa shape index (κ3) is 2.61. The first-order valence-corrected chi connectivity index (χ1v) is 6.37. The molecule has 0 aromatic carbocycles. The van der Waals surface area contributed by atoms with Crippen molar-refractivity contribution in [3.63, 3.8) is 0 Å². The Labute approximate surface area is 104 Å². The second-order valence-electron chi connectivity index (χ2n) is 4.22. The largest absolute Gasteiger partial charge is 0.293 e. The molecule has 0 N–H and O–H groups in total. The number of hydrogen-bond acceptors (Lipinski definition) is 4. The van der Waals surface area contributed by atoms with Crippen LogP contribution in [0.25, 0.3) is 0 Å². The lowest BCUT2D eigenvalue weighted by Crippen LogP contribution is -2.12. The smallest absolute Gasteiger partial charge is 0.180 e. The van der Waals surface area contributed by atoms with Gasteiger partial charge in [0.1, 0.15) is 12.2 Å². The molecule has 2 aromatic rings. The number of ketones is 1. The van der Waals surface area contributed by atoms with Gasteiger partial charge in [0.2, 0.25) is 0 Å². The molecular formula is C12H15N3OS. The van der Waals surface area contributed by atoms with Gasteiger partial charge in [-0.25, -0.2) is 9.67 Å². The van der Waals surface area contributed by atoms with E-state index < -0.39 is 0 Å². The van der Waals surface area contributed by atoms with Gasteiger partial charge in [-0.3, -0.25) is 4.79 Å². The van der Waals surface area contributed by atoms with Crippen molar-refractivity contribution in [1.82, 2.24) is 14.8 Å². The number of aromatic nitrogens is 3.